The van der Waals surface area contributed by atoms with Gasteiger partial charge in [0.25, 0.3) is 0 Å². The number of carbonyl (C=O) groups is 2. The average Bonchev–Trinajstić information content (AvgIpc) is 2.03. The van der Waals surface area contributed by atoms with Gasteiger partial charge < -0.3 is 5.11 Å². The fourth-order valence-corrected chi connectivity index (χ4v) is 1.00. The number of hydrogen-bond donors (Lipinski definition) is 1. The summed E-state index contributed by atoms with van der Waals surface area (Å²) in [7, 11) is 0. The minimum Gasteiger partial charge on any atom is -0.478 e. The minimum atomic E-state index is -1.30. The molecule has 0 saturated heterocycles. The van der Waals surface area contributed by atoms with E-state index in [0.717, 1.165) is 12.1 Å². The molecule has 0 aliphatic carbocycles. The maximum absolute atomic E-state index is 12.6. The summed E-state index contributed by atoms with van der Waals surface area (Å²) in [5.41, 5.74) is -0.276. The van der Waals surface area contributed by atoms with Crippen molar-refractivity contribution in [3.8, 4) is 0 Å². The molecule has 0 spiro atoms. The van der Waals surface area contributed by atoms with E-state index in [-0.39, 0.29) is 11.1 Å². The molecule has 4 heteroatoms. The van der Waals surface area contributed by atoms with E-state index in [1.807, 2.05) is 0 Å². The molecule has 1 N–H and O–H groups in total. The fraction of sp³-hybridized carbons (Fsp3) is 0.111. The van der Waals surface area contributed by atoms with E-state index in [4.69, 9.17) is 5.11 Å². The van der Waals surface area contributed by atoms with E-state index in [0.29, 0.717) is 0 Å². The molecule has 68 valence electrons. The topological polar surface area (TPSA) is 54.4 Å². The van der Waals surface area contributed by atoms with Crippen LogP contribution in [0.5, 0.6) is 0 Å². The summed E-state index contributed by atoms with van der Waals surface area (Å²) < 4.78 is 12.6. The SMILES string of the molecule is CC(=O)c1ccc(F)cc1C(=O)O. The first-order valence-electron chi connectivity index (χ1n) is 3.56. The number of carbonyl (C=O) groups excluding carboxylic acids is 1. The van der Waals surface area contributed by atoms with E-state index >= 15 is 0 Å². The number of rotatable bonds is 2. The van der Waals surface area contributed by atoms with E-state index in [2.05, 4.69) is 0 Å². The van der Waals surface area contributed by atoms with Crippen molar-refractivity contribution in [2.24, 2.45) is 0 Å². The molecule has 3 nitrogen and oxygen atoms in total. The van der Waals surface area contributed by atoms with Crippen molar-refractivity contribution < 1.29 is 19.1 Å². The minimum absolute atomic E-state index is 0.0221. The predicted molar refractivity (Wildman–Crippen MR) is 43.4 cm³/mol. The molecule has 0 unspecified atom stereocenters. The molecule has 0 aliphatic rings. The van der Waals surface area contributed by atoms with E-state index in [1.54, 1.807) is 0 Å². The smallest absolute Gasteiger partial charge is 0.336 e. The molecule has 0 aromatic heterocycles. The largest absolute Gasteiger partial charge is 0.478 e. The lowest BCUT2D eigenvalue weighted by molar-refractivity contribution is 0.0691. The number of hydrogen-bond acceptors (Lipinski definition) is 2. The van der Waals surface area contributed by atoms with Gasteiger partial charge in [0.05, 0.1) is 5.56 Å². The molecule has 0 radical (unpaired) electrons. The highest BCUT2D eigenvalue weighted by atomic mass is 19.1. The van der Waals surface area contributed by atoms with Crippen molar-refractivity contribution in [3.63, 3.8) is 0 Å². The Kier molecular flexibility index (Phi) is 2.41. The van der Waals surface area contributed by atoms with E-state index in [1.165, 1.54) is 13.0 Å². The van der Waals surface area contributed by atoms with Gasteiger partial charge in [0, 0.05) is 5.56 Å². The van der Waals surface area contributed by atoms with Gasteiger partial charge in [-0.3, -0.25) is 4.79 Å². The third-order valence-corrected chi connectivity index (χ3v) is 1.59. The lowest BCUT2D eigenvalue weighted by Crippen LogP contribution is -2.06. The maximum atomic E-state index is 12.6. The number of carboxylic acid groups (broad SMARTS) is 1. The standard InChI is InChI=1S/C9H7FO3/c1-5(11)7-3-2-6(10)4-8(7)9(12)13/h2-4H,1H3,(H,12,13). The van der Waals surface area contributed by atoms with Crippen LogP contribution in [0.3, 0.4) is 0 Å². The Balaban J connectivity index is 3.35. The molecular formula is C9H7FO3. The molecule has 0 fully saturated rings. The van der Waals surface area contributed by atoms with E-state index in [9.17, 15) is 14.0 Å². The van der Waals surface area contributed by atoms with Gasteiger partial charge >= 0.3 is 5.97 Å². The summed E-state index contributed by atoms with van der Waals surface area (Å²) in [4.78, 5) is 21.5. The Labute approximate surface area is 73.8 Å². The molecule has 1 aromatic carbocycles. The number of Topliss-reactive ketones (excluding diaryl/α,β-unsaturated/α-hetero) is 1. The third kappa shape index (κ3) is 1.90. The Morgan fingerprint density at radius 2 is 1.92 bits per heavy atom. The maximum Gasteiger partial charge on any atom is 0.336 e. The summed E-state index contributed by atoms with van der Waals surface area (Å²) in [5.74, 6) is -2.36. The van der Waals surface area contributed by atoms with Crippen LogP contribution >= 0.6 is 0 Å². The summed E-state index contributed by atoms with van der Waals surface area (Å²) in [6.45, 7) is 1.24. The lowest BCUT2D eigenvalue weighted by atomic mass is 10.0. The monoisotopic (exact) mass is 182 g/mol. The van der Waals surface area contributed by atoms with Crippen LogP contribution in [0.4, 0.5) is 4.39 Å². The molecule has 1 aromatic rings. The molecule has 0 saturated carbocycles. The van der Waals surface area contributed by atoms with Crippen molar-refractivity contribution in [1.82, 2.24) is 0 Å². The predicted octanol–water partition coefficient (Wildman–Crippen LogP) is 1.73. The number of benzene rings is 1. The van der Waals surface area contributed by atoms with Crippen molar-refractivity contribution in [2.75, 3.05) is 0 Å². The fourth-order valence-electron chi connectivity index (χ4n) is 1.00. The second kappa shape index (κ2) is 3.35. The van der Waals surface area contributed by atoms with Gasteiger partial charge in [-0.2, -0.15) is 0 Å². The number of halogens is 1. The summed E-state index contributed by atoms with van der Waals surface area (Å²) >= 11 is 0. The van der Waals surface area contributed by atoms with Gasteiger partial charge in [-0.15, -0.1) is 0 Å². The van der Waals surface area contributed by atoms with Gasteiger partial charge in [-0.25, -0.2) is 9.18 Å². The first kappa shape index (κ1) is 9.38. The third-order valence-electron chi connectivity index (χ3n) is 1.59. The van der Waals surface area contributed by atoms with Crippen molar-refractivity contribution >= 4 is 11.8 Å². The summed E-state index contributed by atoms with van der Waals surface area (Å²) in [6.07, 6.45) is 0. The molecule has 1 rings (SSSR count). The second-order valence-electron chi connectivity index (χ2n) is 2.55. The Morgan fingerprint density at radius 3 is 2.38 bits per heavy atom. The van der Waals surface area contributed by atoms with Crippen LogP contribution in [-0.4, -0.2) is 16.9 Å². The highest BCUT2D eigenvalue weighted by Crippen LogP contribution is 2.11. The summed E-state index contributed by atoms with van der Waals surface area (Å²) in [5, 5.41) is 8.62. The van der Waals surface area contributed by atoms with Crippen LogP contribution in [0.1, 0.15) is 27.6 Å². The molecule has 0 heterocycles. The summed E-state index contributed by atoms with van der Waals surface area (Å²) in [6, 6.07) is 3.06. The Hall–Kier alpha value is -1.71. The normalized spacial score (nSPS) is 9.69. The highest BCUT2D eigenvalue weighted by molar-refractivity contribution is 6.04. The average molecular weight is 182 g/mol. The first-order chi connectivity index (χ1) is 6.02. The number of aromatic carboxylic acids is 1. The lowest BCUT2D eigenvalue weighted by Gasteiger charge is -2.01. The molecule has 0 aliphatic heterocycles. The zero-order valence-corrected chi connectivity index (χ0v) is 6.87. The van der Waals surface area contributed by atoms with Crippen LogP contribution in [0.15, 0.2) is 18.2 Å². The quantitative estimate of drug-likeness (QED) is 0.708. The zero-order chi connectivity index (χ0) is 10.0. The van der Waals surface area contributed by atoms with Gasteiger partial charge in [-0.1, -0.05) is 0 Å². The van der Waals surface area contributed by atoms with Gasteiger partial charge in [0.15, 0.2) is 5.78 Å². The van der Waals surface area contributed by atoms with Crippen LogP contribution in [0.2, 0.25) is 0 Å². The van der Waals surface area contributed by atoms with Crippen LogP contribution < -0.4 is 0 Å². The molecular weight excluding hydrogens is 175 g/mol. The van der Waals surface area contributed by atoms with Crippen LogP contribution in [0, 0.1) is 5.82 Å². The van der Waals surface area contributed by atoms with Crippen molar-refractivity contribution in [1.29, 1.82) is 0 Å². The zero-order valence-electron chi connectivity index (χ0n) is 6.87. The Morgan fingerprint density at radius 1 is 1.31 bits per heavy atom. The van der Waals surface area contributed by atoms with Crippen molar-refractivity contribution in [3.05, 3.63) is 35.1 Å². The van der Waals surface area contributed by atoms with E-state index < -0.39 is 17.6 Å². The van der Waals surface area contributed by atoms with Gasteiger partial charge in [-0.05, 0) is 25.1 Å². The van der Waals surface area contributed by atoms with Crippen LogP contribution in [-0.2, 0) is 0 Å². The molecule has 0 atom stereocenters. The molecule has 0 amide bonds. The second-order valence-corrected chi connectivity index (χ2v) is 2.55. The van der Waals surface area contributed by atoms with Gasteiger partial charge in [0.1, 0.15) is 5.82 Å². The molecule has 0 bridgehead atoms. The molecule has 13 heavy (non-hydrogen) atoms. The van der Waals surface area contributed by atoms with Crippen molar-refractivity contribution in [2.45, 2.75) is 6.92 Å². The Bertz CT molecular complexity index is 371. The van der Waals surface area contributed by atoms with Gasteiger partial charge in [0.2, 0.25) is 0 Å². The van der Waals surface area contributed by atoms with Crippen LogP contribution in [0.25, 0.3) is 0 Å². The number of carboxylic acids is 1. The first-order valence-corrected chi connectivity index (χ1v) is 3.56. The highest BCUT2D eigenvalue weighted by Gasteiger charge is 2.13. The number of ketones is 1.